The number of carbonyl (C=O) groups excluding carboxylic acids is 1. The number of non-ortho nitro benzene ring substituents is 1. The van der Waals surface area contributed by atoms with E-state index in [2.05, 4.69) is 0 Å². The third kappa shape index (κ3) is 1.76. The molecule has 2 heterocycles. The van der Waals surface area contributed by atoms with Crippen molar-refractivity contribution in [1.29, 1.82) is 0 Å². The first kappa shape index (κ1) is 13.2. The van der Waals surface area contributed by atoms with Crippen LogP contribution in [0.25, 0.3) is 22.4 Å². The first-order valence-electron chi connectivity index (χ1n) is 6.81. The van der Waals surface area contributed by atoms with E-state index in [0.717, 1.165) is 0 Å². The molecular formula is C16H9N3O4. The summed E-state index contributed by atoms with van der Waals surface area (Å²) in [5, 5.41) is 23.9. The van der Waals surface area contributed by atoms with E-state index < -0.39 is 16.7 Å². The average molecular weight is 307 g/mol. The molecule has 0 saturated carbocycles. The van der Waals surface area contributed by atoms with Crippen molar-refractivity contribution in [2.24, 2.45) is 0 Å². The van der Waals surface area contributed by atoms with E-state index in [-0.39, 0.29) is 11.3 Å². The van der Waals surface area contributed by atoms with Crippen LogP contribution >= 0.6 is 0 Å². The van der Waals surface area contributed by atoms with Gasteiger partial charge in [0.15, 0.2) is 5.88 Å². The van der Waals surface area contributed by atoms with Gasteiger partial charge in [0.25, 0.3) is 5.69 Å². The average Bonchev–Trinajstić information content (AvgIpc) is 3.04. The molecule has 0 atom stereocenters. The molecule has 7 nitrogen and oxygen atoms in total. The summed E-state index contributed by atoms with van der Waals surface area (Å²) in [4.78, 5) is 23.0. The number of benzene rings is 2. The summed E-state index contributed by atoms with van der Waals surface area (Å²) in [6.07, 6.45) is 1.44. The Morgan fingerprint density at radius 3 is 2.52 bits per heavy atom. The van der Waals surface area contributed by atoms with Crippen molar-refractivity contribution in [1.82, 2.24) is 4.68 Å². The highest BCUT2D eigenvalue weighted by Crippen LogP contribution is 2.27. The predicted molar refractivity (Wildman–Crippen MR) is 79.0 cm³/mol. The fourth-order valence-corrected chi connectivity index (χ4v) is 2.78. The van der Waals surface area contributed by atoms with Gasteiger partial charge >= 0.3 is 5.91 Å². The Hall–Kier alpha value is -3.48. The second-order valence-electron chi connectivity index (χ2n) is 5.14. The molecule has 0 amide bonds. The van der Waals surface area contributed by atoms with Crippen LogP contribution in [-0.2, 0) is 0 Å². The SMILES string of the molecule is O=C1C(c2ccccc2)=C([O-])[n+]2cc3cc([N+](=O)[O-])ccc3n21. The Kier molecular flexibility index (Phi) is 2.59. The van der Waals surface area contributed by atoms with E-state index in [0.29, 0.717) is 16.5 Å². The predicted octanol–water partition coefficient (Wildman–Crippen LogP) is 1.18. The topological polar surface area (TPSA) is 92.1 Å². The van der Waals surface area contributed by atoms with Gasteiger partial charge in [0.1, 0.15) is 11.1 Å². The minimum atomic E-state index is -0.516. The number of rotatable bonds is 2. The number of hydrogen-bond acceptors (Lipinski definition) is 4. The second-order valence-corrected chi connectivity index (χ2v) is 5.14. The van der Waals surface area contributed by atoms with E-state index in [9.17, 15) is 20.0 Å². The van der Waals surface area contributed by atoms with E-state index in [1.807, 2.05) is 0 Å². The molecule has 2 aromatic carbocycles. The summed E-state index contributed by atoms with van der Waals surface area (Å²) in [5.41, 5.74) is 1.01. The molecule has 0 N–H and O–H groups in total. The number of carbonyl (C=O) groups is 1. The van der Waals surface area contributed by atoms with Gasteiger partial charge < -0.3 is 5.11 Å². The molecule has 0 radical (unpaired) electrons. The highest BCUT2D eigenvalue weighted by molar-refractivity contribution is 6.26. The van der Waals surface area contributed by atoms with Gasteiger partial charge in [-0.15, -0.1) is 0 Å². The third-order valence-corrected chi connectivity index (χ3v) is 3.82. The highest BCUT2D eigenvalue weighted by atomic mass is 16.6. The van der Waals surface area contributed by atoms with Crippen molar-refractivity contribution in [3.05, 3.63) is 70.4 Å². The summed E-state index contributed by atoms with van der Waals surface area (Å²) < 4.78 is 2.43. The van der Waals surface area contributed by atoms with Gasteiger partial charge in [-0.1, -0.05) is 39.7 Å². The number of hydrogen-bond donors (Lipinski definition) is 0. The molecule has 0 aliphatic carbocycles. The molecule has 4 rings (SSSR count). The maximum atomic E-state index is 12.7. The lowest BCUT2D eigenvalue weighted by molar-refractivity contribution is -0.707. The van der Waals surface area contributed by atoms with Crippen LogP contribution < -0.4 is 9.79 Å². The first-order chi connectivity index (χ1) is 11.1. The number of allylic oxidation sites excluding steroid dienone is 1. The van der Waals surface area contributed by atoms with Crippen molar-refractivity contribution < 1.29 is 19.5 Å². The Morgan fingerprint density at radius 2 is 1.83 bits per heavy atom. The summed E-state index contributed by atoms with van der Waals surface area (Å²) in [6.45, 7) is 0. The van der Waals surface area contributed by atoms with Gasteiger partial charge in [0, 0.05) is 12.1 Å². The van der Waals surface area contributed by atoms with Gasteiger partial charge in [-0.25, -0.2) is 0 Å². The number of aromatic nitrogens is 2. The van der Waals surface area contributed by atoms with E-state index in [4.69, 9.17) is 0 Å². The standard InChI is InChI=1S/C16H9N3O4/c20-15-14(10-4-2-1-3-5-10)16(21)18-13-7-6-12(19(22)23)8-11(13)9-17(15)18/h1-9H. The zero-order valence-corrected chi connectivity index (χ0v) is 11.7. The minimum Gasteiger partial charge on any atom is -0.821 e. The van der Waals surface area contributed by atoms with Gasteiger partial charge in [-0.3, -0.25) is 14.9 Å². The van der Waals surface area contributed by atoms with Crippen LogP contribution in [0.3, 0.4) is 0 Å². The van der Waals surface area contributed by atoms with Gasteiger partial charge in [0.05, 0.1) is 10.3 Å². The molecule has 0 bridgehead atoms. The molecule has 1 aliphatic heterocycles. The Morgan fingerprint density at radius 1 is 1.09 bits per heavy atom. The summed E-state index contributed by atoms with van der Waals surface area (Å²) in [5.74, 6) is -0.884. The molecule has 7 heteroatoms. The highest BCUT2D eigenvalue weighted by Gasteiger charge is 2.36. The van der Waals surface area contributed by atoms with E-state index in [1.165, 1.54) is 33.8 Å². The van der Waals surface area contributed by atoms with Crippen LogP contribution in [-0.4, -0.2) is 15.5 Å². The van der Waals surface area contributed by atoms with Gasteiger partial charge in [-0.2, -0.15) is 0 Å². The van der Waals surface area contributed by atoms with Crippen molar-refractivity contribution in [3.8, 4) is 0 Å². The molecule has 0 unspecified atom stereocenters. The van der Waals surface area contributed by atoms with E-state index >= 15 is 0 Å². The van der Waals surface area contributed by atoms with Crippen LogP contribution in [0.2, 0.25) is 0 Å². The molecule has 0 spiro atoms. The third-order valence-electron chi connectivity index (χ3n) is 3.82. The zero-order valence-electron chi connectivity index (χ0n) is 11.7. The lowest BCUT2D eigenvalue weighted by Crippen LogP contribution is -2.42. The van der Waals surface area contributed by atoms with Crippen LogP contribution in [0.1, 0.15) is 10.4 Å². The maximum absolute atomic E-state index is 12.7. The summed E-state index contributed by atoms with van der Waals surface area (Å²) in [6, 6.07) is 12.8. The lowest BCUT2D eigenvalue weighted by Gasteiger charge is -2.01. The second kappa shape index (κ2) is 4.51. The maximum Gasteiger partial charge on any atom is 0.320 e. The molecule has 1 aromatic heterocycles. The van der Waals surface area contributed by atoms with Crippen molar-refractivity contribution in [2.75, 3.05) is 0 Å². The minimum absolute atomic E-state index is 0.0884. The Labute approximate surface area is 129 Å². The van der Waals surface area contributed by atoms with Crippen LogP contribution in [0, 0.1) is 10.1 Å². The molecule has 1 aliphatic rings. The lowest BCUT2D eigenvalue weighted by atomic mass is 10.1. The van der Waals surface area contributed by atoms with Crippen LogP contribution in [0.15, 0.2) is 54.7 Å². The van der Waals surface area contributed by atoms with Crippen LogP contribution in [0.4, 0.5) is 5.69 Å². The fraction of sp³-hybridized carbons (Fsp3) is 0. The molecular weight excluding hydrogens is 298 g/mol. The number of nitro benzene ring substituents is 1. The number of fused-ring (bicyclic) bond motifs is 3. The van der Waals surface area contributed by atoms with Crippen molar-refractivity contribution in [2.45, 2.75) is 0 Å². The normalized spacial score (nSPS) is 13.7. The van der Waals surface area contributed by atoms with E-state index in [1.54, 1.807) is 30.3 Å². The Balaban J connectivity index is 1.94. The van der Waals surface area contributed by atoms with Gasteiger partial charge in [0.2, 0.25) is 6.20 Å². The first-order valence-corrected chi connectivity index (χ1v) is 6.81. The monoisotopic (exact) mass is 307 g/mol. The molecule has 0 fully saturated rings. The fourth-order valence-electron chi connectivity index (χ4n) is 2.78. The quantitative estimate of drug-likeness (QED) is 0.404. The smallest absolute Gasteiger partial charge is 0.320 e. The van der Waals surface area contributed by atoms with Crippen molar-refractivity contribution >= 4 is 34.0 Å². The van der Waals surface area contributed by atoms with Crippen molar-refractivity contribution in [3.63, 3.8) is 0 Å². The van der Waals surface area contributed by atoms with Crippen LogP contribution in [0.5, 0.6) is 0 Å². The number of nitro groups is 1. The Bertz CT molecular complexity index is 1020. The molecule has 112 valence electrons. The molecule has 23 heavy (non-hydrogen) atoms. The summed E-state index contributed by atoms with van der Waals surface area (Å²) >= 11 is 0. The number of nitrogens with zero attached hydrogens (tertiary/aromatic N) is 3. The van der Waals surface area contributed by atoms with Gasteiger partial charge in [-0.05, 0) is 11.6 Å². The zero-order chi connectivity index (χ0) is 16.1. The summed E-state index contributed by atoms with van der Waals surface area (Å²) in [7, 11) is 0. The molecule has 0 saturated heterocycles. The molecule has 3 aromatic rings. The largest absolute Gasteiger partial charge is 0.821 e.